The van der Waals surface area contributed by atoms with Crippen LogP contribution in [0.25, 0.3) is 5.69 Å². The summed E-state index contributed by atoms with van der Waals surface area (Å²) < 4.78 is 92.7. The van der Waals surface area contributed by atoms with Crippen molar-refractivity contribution in [2.24, 2.45) is 0 Å². The summed E-state index contributed by atoms with van der Waals surface area (Å²) in [5, 5.41) is 12.6. The second kappa shape index (κ2) is 4.70. The summed E-state index contributed by atoms with van der Waals surface area (Å²) in [6.07, 6.45) is -8.96. The largest absolute Gasteiger partial charge is 0.435 e. The zero-order valence-corrected chi connectivity index (χ0v) is 11.0. The molecule has 0 saturated carbocycles. The van der Waals surface area contributed by atoms with Gasteiger partial charge in [-0.15, -0.1) is 0 Å². The van der Waals surface area contributed by atoms with Crippen molar-refractivity contribution in [1.29, 1.82) is 0 Å². The third kappa shape index (κ3) is 2.37. The van der Waals surface area contributed by atoms with Gasteiger partial charge in [0.25, 0.3) is 5.92 Å². The van der Waals surface area contributed by atoms with Crippen LogP contribution in [0.4, 0.5) is 30.7 Å². The van der Waals surface area contributed by atoms with Gasteiger partial charge in [0.1, 0.15) is 6.10 Å². The number of nitrogens with zero attached hydrogens (tertiary/aromatic N) is 2. The Bertz CT molecular complexity index is 781. The van der Waals surface area contributed by atoms with Crippen molar-refractivity contribution < 1.29 is 35.8 Å². The molecule has 0 bridgehead atoms. The van der Waals surface area contributed by atoms with E-state index in [0.717, 1.165) is 6.07 Å². The number of alkyl halides is 5. The van der Waals surface area contributed by atoms with Crippen molar-refractivity contribution in [1.82, 2.24) is 9.78 Å². The molecule has 1 heterocycles. The Labute approximate surface area is 124 Å². The summed E-state index contributed by atoms with van der Waals surface area (Å²) in [6, 6.07) is 2.07. The Kier molecular flexibility index (Phi) is 3.22. The molecule has 1 aromatic heterocycles. The number of aliphatic hydroxyl groups is 1. The summed E-state index contributed by atoms with van der Waals surface area (Å²) in [6.45, 7) is 0. The van der Waals surface area contributed by atoms with Gasteiger partial charge in [-0.1, -0.05) is 0 Å². The van der Waals surface area contributed by atoms with Gasteiger partial charge in [-0.2, -0.15) is 18.3 Å². The molecule has 124 valence electrons. The van der Waals surface area contributed by atoms with E-state index < -0.39 is 53.2 Å². The molecule has 0 aliphatic heterocycles. The minimum atomic E-state index is -5.09. The first-order chi connectivity index (χ1) is 10.5. The molecule has 2 aromatic rings. The van der Waals surface area contributed by atoms with Gasteiger partial charge in [-0.3, -0.25) is 0 Å². The van der Waals surface area contributed by atoms with Crippen molar-refractivity contribution in [2.75, 3.05) is 0 Å². The van der Waals surface area contributed by atoms with E-state index >= 15 is 0 Å². The van der Waals surface area contributed by atoms with Crippen LogP contribution in [-0.2, 0) is 12.6 Å². The van der Waals surface area contributed by atoms with Crippen LogP contribution in [0.1, 0.15) is 23.1 Å². The maximum absolute atomic E-state index is 13.6. The van der Waals surface area contributed by atoms with Gasteiger partial charge in [0.15, 0.2) is 17.3 Å². The Hall–Kier alpha value is -2.10. The minimum Gasteiger partial charge on any atom is -0.382 e. The number of aromatic nitrogens is 2. The van der Waals surface area contributed by atoms with Crippen molar-refractivity contribution in [2.45, 2.75) is 24.6 Å². The normalized spacial score (nSPS) is 19.9. The molecule has 1 aromatic carbocycles. The fourth-order valence-corrected chi connectivity index (χ4v) is 2.49. The van der Waals surface area contributed by atoms with Gasteiger partial charge in [-0.05, 0) is 12.1 Å². The number of halogens is 7. The molecule has 23 heavy (non-hydrogen) atoms. The topological polar surface area (TPSA) is 38.1 Å². The molecule has 0 saturated heterocycles. The van der Waals surface area contributed by atoms with Crippen LogP contribution < -0.4 is 0 Å². The lowest BCUT2D eigenvalue weighted by Crippen LogP contribution is -2.24. The highest BCUT2D eigenvalue weighted by atomic mass is 19.4. The molecule has 3 nitrogen and oxygen atoms in total. The van der Waals surface area contributed by atoms with E-state index in [0.29, 0.717) is 16.8 Å². The quantitative estimate of drug-likeness (QED) is 0.808. The highest BCUT2D eigenvalue weighted by Crippen LogP contribution is 2.48. The molecule has 1 aliphatic rings. The number of hydrogen-bond donors (Lipinski definition) is 1. The lowest BCUT2D eigenvalue weighted by Gasteiger charge is -2.15. The predicted molar refractivity (Wildman–Crippen MR) is 62.1 cm³/mol. The number of rotatable bonds is 1. The zero-order chi connectivity index (χ0) is 17.2. The highest BCUT2D eigenvalue weighted by Gasteiger charge is 2.54. The van der Waals surface area contributed by atoms with Gasteiger partial charge in [0.05, 0.1) is 17.8 Å². The molecule has 10 heteroatoms. The van der Waals surface area contributed by atoms with Crippen LogP contribution in [0.3, 0.4) is 0 Å². The Morgan fingerprint density at radius 2 is 1.83 bits per heavy atom. The van der Waals surface area contributed by atoms with Crippen molar-refractivity contribution >= 4 is 0 Å². The molecule has 3 rings (SSSR count). The van der Waals surface area contributed by atoms with E-state index in [1.54, 1.807) is 0 Å². The summed E-state index contributed by atoms with van der Waals surface area (Å²) in [5.74, 6) is -6.43. The Morgan fingerprint density at radius 3 is 2.39 bits per heavy atom. The SMILES string of the molecule is O[C@H]1c2c(C(F)(F)F)nn(-c3ccc(F)c(F)c3)c2CC1(F)F. The predicted octanol–water partition coefficient (Wildman–Crippen LogP) is 3.39. The zero-order valence-electron chi connectivity index (χ0n) is 11.0. The van der Waals surface area contributed by atoms with E-state index in [1.165, 1.54) is 0 Å². The Balaban J connectivity index is 2.24. The van der Waals surface area contributed by atoms with Gasteiger partial charge < -0.3 is 5.11 Å². The molecule has 1 atom stereocenters. The summed E-state index contributed by atoms with van der Waals surface area (Å²) in [7, 11) is 0. The minimum absolute atomic E-state index is 0.361. The first-order valence-corrected chi connectivity index (χ1v) is 6.22. The van der Waals surface area contributed by atoms with Gasteiger partial charge in [0.2, 0.25) is 0 Å². The lowest BCUT2D eigenvalue weighted by molar-refractivity contribution is -0.146. The summed E-state index contributed by atoms with van der Waals surface area (Å²) >= 11 is 0. The molecule has 1 aliphatic carbocycles. The van der Waals surface area contributed by atoms with Crippen molar-refractivity contribution in [3.63, 3.8) is 0 Å². The number of hydrogen-bond acceptors (Lipinski definition) is 2. The Morgan fingerprint density at radius 1 is 1.17 bits per heavy atom. The second-order valence-electron chi connectivity index (χ2n) is 5.06. The molecule has 0 amide bonds. The van der Waals surface area contributed by atoms with Crippen LogP contribution in [0, 0.1) is 11.6 Å². The smallest absolute Gasteiger partial charge is 0.382 e. The van der Waals surface area contributed by atoms with E-state index in [1.807, 2.05) is 0 Å². The van der Waals surface area contributed by atoms with Crippen LogP contribution in [0.5, 0.6) is 0 Å². The van der Waals surface area contributed by atoms with Crippen LogP contribution >= 0.6 is 0 Å². The van der Waals surface area contributed by atoms with Gasteiger partial charge >= 0.3 is 6.18 Å². The monoisotopic (exact) mass is 340 g/mol. The van der Waals surface area contributed by atoms with Crippen molar-refractivity contribution in [3.8, 4) is 5.69 Å². The summed E-state index contributed by atoms with van der Waals surface area (Å²) in [4.78, 5) is 0. The maximum atomic E-state index is 13.6. The molecule has 0 fully saturated rings. The van der Waals surface area contributed by atoms with Gasteiger partial charge in [0, 0.05) is 11.6 Å². The third-order valence-corrected chi connectivity index (χ3v) is 3.51. The molecule has 0 spiro atoms. The number of fused-ring (bicyclic) bond motifs is 1. The van der Waals surface area contributed by atoms with E-state index in [9.17, 15) is 35.8 Å². The van der Waals surface area contributed by atoms with Gasteiger partial charge in [-0.25, -0.2) is 22.2 Å². The first-order valence-electron chi connectivity index (χ1n) is 6.22. The molecule has 0 radical (unpaired) electrons. The summed E-state index contributed by atoms with van der Waals surface area (Å²) in [5.41, 5.74) is -3.68. The average Bonchev–Trinajstić information content (AvgIpc) is 2.89. The van der Waals surface area contributed by atoms with Crippen molar-refractivity contribution in [3.05, 3.63) is 46.8 Å². The molecular weight excluding hydrogens is 333 g/mol. The van der Waals surface area contributed by atoms with Crippen LogP contribution in [0.15, 0.2) is 18.2 Å². The molecule has 0 unspecified atom stereocenters. The number of aliphatic hydroxyl groups excluding tert-OH is 1. The van der Waals surface area contributed by atoms with E-state index in [4.69, 9.17) is 0 Å². The molecule has 1 N–H and O–H groups in total. The highest BCUT2D eigenvalue weighted by molar-refractivity contribution is 5.44. The maximum Gasteiger partial charge on any atom is 0.435 e. The van der Waals surface area contributed by atoms with E-state index in [-0.39, 0.29) is 5.69 Å². The average molecular weight is 340 g/mol. The van der Waals surface area contributed by atoms with Crippen LogP contribution in [-0.4, -0.2) is 20.8 Å². The fourth-order valence-electron chi connectivity index (χ4n) is 2.49. The van der Waals surface area contributed by atoms with Crippen LogP contribution in [0.2, 0.25) is 0 Å². The third-order valence-electron chi connectivity index (χ3n) is 3.51. The number of benzene rings is 1. The first kappa shape index (κ1) is 15.8. The molecular formula is C13H7F7N2O. The fraction of sp³-hybridized carbons (Fsp3) is 0.308. The standard InChI is InChI=1S/C13H7F7N2O/c14-6-2-1-5(3-7(6)15)22-8-4-12(16,17)11(23)9(8)10(21-22)13(18,19)20/h1-3,11,23H,4H2/t11-/m0/s1. The van der Waals surface area contributed by atoms with E-state index in [2.05, 4.69) is 5.10 Å². The lowest BCUT2D eigenvalue weighted by atomic mass is 10.1. The second-order valence-corrected chi connectivity index (χ2v) is 5.06.